The number of oxazole rings is 1. The minimum absolute atomic E-state index is 0.0719. The lowest BCUT2D eigenvalue weighted by atomic mass is 10.2. The van der Waals surface area contributed by atoms with Gasteiger partial charge in [-0.3, -0.25) is 18.9 Å². The van der Waals surface area contributed by atoms with E-state index in [4.69, 9.17) is 4.42 Å². The van der Waals surface area contributed by atoms with Crippen molar-refractivity contribution in [2.75, 3.05) is 4.72 Å². The van der Waals surface area contributed by atoms with Crippen LogP contribution in [0.15, 0.2) is 54.0 Å². The Morgan fingerprint density at radius 3 is 2.32 bits per heavy atom. The molecule has 2 heterocycles. The summed E-state index contributed by atoms with van der Waals surface area (Å²) >= 11 is 0. The van der Waals surface area contributed by atoms with Crippen LogP contribution in [0.2, 0.25) is 0 Å². The van der Waals surface area contributed by atoms with Gasteiger partial charge < -0.3 is 14.4 Å². The summed E-state index contributed by atoms with van der Waals surface area (Å²) in [7, 11) is -2.48. The second-order valence-electron chi connectivity index (χ2n) is 6.29. The third-order valence-electron chi connectivity index (χ3n) is 4.35. The molecule has 0 aliphatic heterocycles. The van der Waals surface area contributed by atoms with E-state index in [0.717, 1.165) is 0 Å². The Bertz CT molecular complexity index is 1540. The average Bonchev–Trinajstić information content (AvgIpc) is 2.89. The van der Waals surface area contributed by atoms with Gasteiger partial charge in [0.25, 0.3) is 10.0 Å². The lowest BCUT2D eigenvalue weighted by Gasteiger charge is -2.11. The SMILES string of the molecule is Cc1cc2[nH]c(=O)c(=O)[nH]c2cc1S(=O)(=O)Nc1ccc2c(c1)oc(=O)n2C. The molecular formula is C17H14N4O6S. The molecule has 144 valence electrons. The molecule has 0 atom stereocenters. The quantitative estimate of drug-likeness (QED) is 0.431. The standard InChI is InChI=1S/C17H14N4O6S/c1-8-5-10-11(19-16(23)15(22)18-10)7-14(8)28(25,26)20-9-3-4-12-13(6-9)27-17(24)21(12)2/h3-7,20H,1-2H3,(H,18,22)(H,19,23). The molecule has 0 aliphatic carbocycles. The number of aromatic nitrogens is 3. The fraction of sp³-hybridized carbons (Fsp3) is 0.118. The first-order valence-electron chi connectivity index (χ1n) is 8.05. The van der Waals surface area contributed by atoms with Gasteiger partial charge in [0.2, 0.25) is 0 Å². The van der Waals surface area contributed by atoms with Crippen molar-refractivity contribution in [3.63, 3.8) is 0 Å². The summed E-state index contributed by atoms with van der Waals surface area (Å²) in [5.41, 5.74) is 0.136. The number of anilines is 1. The Morgan fingerprint density at radius 1 is 1.00 bits per heavy atom. The predicted octanol–water partition coefficient (Wildman–Crippen LogP) is 0.771. The van der Waals surface area contributed by atoms with E-state index < -0.39 is 26.9 Å². The van der Waals surface area contributed by atoms with Gasteiger partial charge in [0.05, 0.1) is 27.1 Å². The highest BCUT2D eigenvalue weighted by atomic mass is 32.2. The molecular weight excluding hydrogens is 388 g/mol. The first-order chi connectivity index (χ1) is 13.2. The molecule has 0 saturated carbocycles. The molecule has 4 aromatic rings. The van der Waals surface area contributed by atoms with Crippen molar-refractivity contribution in [3.05, 3.63) is 67.2 Å². The van der Waals surface area contributed by atoms with Gasteiger partial charge in [0, 0.05) is 13.1 Å². The minimum atomic E-state index is -4.02. The fourth-order valence-electron chi connectivity index (χ4n) is 2.95. The highest BCUT2D eigenvalue weighted by Crippen LogP contribution is 2.24. The zero-order chi connectivity index (χ0) is 20.2. The summed E-state index contributed by atoms with van der Waals surface area (Å²) in [5.74, 6) is -0.557. The molecule has 0 saturated heterocycles. The molecule has 10 nitrogen and oxygen atoms in total. The second-order valence-corrected chi connectivity index (χ2v) is 7.94. The molecule has 0 radical (unpaired) electrons. The zero-order valence-corrected chi connectivity index (χ0v) is 15.5. The monoisotopic (exact) mass is 402 g/mol. The van der Waals surface area contributed by atoms with E-state index in [-0.39, 0.29) is 21.7 Å². The van der Waals surface area contributed by atoms with Gasteiger partial charge in [-0.1, -0.05) is 0 Å². The van der Waals surface area contributed by atoms with Gasteiger partial charge in [0.15, 0.2) is 5.58 Å². The first kappa shape index (κ1) is 17.8. The highest BCUT2D eigenvalue weighted by molar-refractivity contribution is 7.92. The van der Waals surface area contributed by atoms with Gasteiger partial charge in [-0.15, -0.1) is 0 Å². The molecule has 0 unspecified atom stereocenters. The van der Waals surface area contributed by atoms with Crippen LogP contribution in [-0.2, 0) is 17.1 Å². The molecule has 11 heteroatoms. The molecule has 0 amide bonds. The van der Waals surface area contributed by atoms with Gasteiger partial charge >= 0.3 is 16.9 Å². The number of nitrogens with zero attached hydrogens (tertiary/aromatic N) is 1. The zero-order valence-electron chi connectivity index (χ0n) is 14.7. The molecule has 2 aromatic heterocycles. The number of H-pyrrole nitrogens is 2. The lowest BCUT2D eigenvalue weighted by molar-refractivity contribution is 0.528. The van der Waals surface area contributed by atoms with Crippen molar-refractivity contribution in [2.24, 2.45) is 7.05 Å². The highest BCUT2D eigenvalue weighted by Gasteiger charge is 2.19. The average molecular weight is 402 g/mol. The smallest absolute Gasteiger partial charge is 0.408 e. The Morgan fingerprint density at radius 2 is 1.64 bits per heavy atom. The second kappa shape index (κ2) is 5.96. The molecule has 0 fully saturated rings. The van der Waals surface area contributed by atoms with E-state index in [9.17, 15) is 22.8 Å². The van der Waals surface area contributed by atoms with Crippen molar-refractivity contribution in [3.8, 4) is 0 Å². The van der Waals surface area contributed by atoms with Crippen LogP contribution in [0, 0.1) is 6.92 Å². The summed E-state index contributed by atoms with van der Waals surface area (Å²) in [6, 6.07) is 7.20. The summed E-state index contributed by atoms with van der Waals surface area (Å²) in [6.07, 6.45) is 0. The first-order valence-corrected chi connectivity index (χ1v) is 9.53. The number of hydrogen-bond donors (Lipinski definition) is 3. The van der Waals surface area contributed by atoms with Crippen LogP contribution in [0.4, 0.5) is 5.69 Å². The maximum absolute atomic E-state index is 12.9. The number of aromatic amines is 2. The summed E-state index contributed by atoms with van der Waals surface area (Å²) in [6.45, 7) is 1.57. The normalized spacial score (nSPS) is 11.9. The minimum Gasteiger partial charge on any atom is -0.408 e. The molecule has 0 aliphatic rings. The van der Waals surface area contributed by atoms with Gasteiger partial charge in [-0.2, -0.15) is 0 Å². The molecule has 4 rings (SSSR count). The molecule has 0 spiro atoms. The van der Waals surface area contributed by atoms with Crippen molar-refractivity contribution in [1.82, 2.24) is 14.5 Å². The predicted molar refractivity (Wildman–Crippen MR) is 102 cm³/mol. The Labute approximate surface area is 156 Å². The number of rotatable bonds is 3. The topological polar surface area (TPSA) is 147 Å². The summed E-state index contributed by atoms with van der Waals surface area (Å²) < 4.78 is 34.5. The van der Waals surface area contributed by atoms with Gasteiger partial charge in [-0.25, -0.2) is 13.2 Å². The number of hydrogen-bond acceptors (Lipinski definition) is 6. The van der Waals surface area contributed by atoms with E-state index in [1.165, 1.54) is 28.8 Å². The maximum Gasteiger partial charge on any atom is 0.419 e. The third kappa shape index (κ3) is 2.81. The van der Waals surface area contributed by atoms with Crippen molar-refractivity contribution in [2.45, 2.75) is 11.8 Å². The van der Waals surface area contributed by atoms with E-state index in [1.54, 1.807) is 20.0 Å². The molecule has 2 aromatic carbocycles. The molecule has 28 heavy (non-hydrogen) atoms. The Kier molecular flexibility index (Phi) is 3.79. The van der Waals surface area contributed by atoms with E-state index in [0.29, 0.717) is 16.6 Å². The number of benzene rings is 2. The largest absolute Gasteiger partial charge is 0.419 e. The maximum atomic E-state index is 12.9. The van der Waals surface area contributed by atoms with Gasteiger partial charge in [-0.05, 0) is 36.8 Å². The van der Waals surface area contributed by atoms with Crippen LogP contribution in [0.1, 0.15) is 5.56 Å². The van der Waals surface area contributed by atoms with Crippen LogP contribution in [0.5, 0.6) is 0 Å². The van der Waals surface area contributed by atoms with Crippen LogP contribution in [0.3, 0.4) is 0 Å². The Hall–Kier alpha value is -3.60. The summed E-state index contributed by atoms with van der Waals surface area (Å²) in [4.78, 5) is 39.2. The summed E-state index contributed by atoms with van der Waals surface area (Å²) in [5, 5.41) is 0. The number of sulfonamides is 1. The van der Waals surface area contributed by atoms with Crippen LogP contribution in [0.25, 0.3) is 22.1 Å². The van der Waals surface area contributed by atoms with Crippen LogP contribution >= 0.6 is 0 Å². The van der Waals surface area contributed by atoms with Crippen LogP contribution in [-0.4, -0.2) is 23.0 Å². The van der Waals surface area contributed by atoms with Crippen molar-refractivity contribution in [1.29, 1.82) is 0 Å². The van der Waals surface area contributed by atoms with Gasteiger partial charge in [0.1, 0.15) is 0 Å². The van der Waals surface area contributed by atoms with Crippen molar-refractivity contribution < 1.29 is 12.8 Å². The molecule has 3 N–H and O–H groups in total. The number of nitrogens with one attached hydrogen (secondary N) is 3. The van der Waals surface area contributed by atoms with E-state index in [2.05, 4.69) is 14.7 Å². The third-order valence-corrected chi connectivity index (χ3v) is 5.88. The number of fused-ring (bicyclic) bond motifs is 2. The lowest BCUT2D eigenvalue weighted by Crippen LogP contribution is -2.29. The van der Waals surface area contributed by atoms with E-state index >= 15 is 0 Å². The number of aryl methyl sites for hydroxylation is 2. The Balaban J connectivity index is 1.81. The van der Waals surface area contributed by atoms with Crippen molar-refractivity contribution >= 4 is 37.8 Å². The fourth-order valence-corrected chi connectivity index (χ4v) is 4.25. The van der Waals surface area contributed by atoms with E-state index in [1.807, 2.05) is 0 Å². The van der Waals surface area contributed by atoms with Crippen LogP contribution < -0.4 is 21.6 Å². The molecule has 0 bridgehead atoms.